The van der Waals surface area contributed by atoms with Crippen LogP contribution < -0.4 is 16.8 Å². The van der Waals surface area contributed by atoms with Crippen LogP contribution in [0.15, 0.2) is 0 Å². The van der Waals surface area contributed by atoms with Crippen LogP contribution in [-0.4, -0.2) is 145 Å². The predicted octanol–water partition coefficient (Wildman–Crippen LogP) is 11.6. The molecule has 0 aromatic heterocycles. The molecule has 0 rings (SSSR count). The van der Waals surface area contributed by atoms with E-state index >= 15 is 0 Å². The summed E-state index contributed by atoms with van der Waals surface area (Å²) < 4.78 is 5.02. The summed E-state index contributed by atoms with van der Waals surface area (Å²) in [6, 6.07) is 0. The normalized spacial score (nSPS) is 7.14. The second kappa shape index (κ2) is 155. The standard InChI is InChI=1S/C7H17NO2.C6H16N2.C4H11N.C3H10N2.C2H7N.C2H6S.16CH4/c1-4-10-6-7(9)5-8(2)3;1-5-8(4)6-7(2)3;1-4-5(2)3;1-2-5-3-4;2*1-2-3;;;;;;;;;;;;;;;;/h7,9H,4-6H2,1-3H3;5-6H2,1-4H3;4H2,1-3H3;5H,2-4H2,1H3;2-3H2,1H3;3H,2H2,1H3;16*1H4. The Hall–Kier alpha value is -0.0100. The van der Waals surface area contributed by atoms with E-state index in [9.17, 15) is 5.11 Å². The number of rotatable bonds is 11. The first-order valence-electron chi connectivity index (χ1n) is 12.4. The monoisotopic (exact) mass is 774 g/mol. The van der Waals surface area contributed by atoms with E-state index in [2.05, 4.69) is 81.7 Å². The fourth-order valence-electron chi connectivity index (χ4n) is 1.46. The van der Waals surface area contributed by atoms with Gasteiger partial charge in [0.25, 0.3) is 0 Å². The number of ether oxygens (including phenoxy) is 1. The van der Waals surface area contributed by atoms with Crippen molar-refractivity contribution in [1.82, 2.24) is 24.9 Å². The van der Waals surface area contributed by atoms with Gasteiger partial charge < -0.3 is 36.4 Å². The highest BCUT2D eigenvalue weighted by atomic mass is 32.1. The fourth-order valence-corrected chi connectivity index (χ4v) is 1.46. The van der Waals surface area contributed by atoms with Crippen molar-refractivity contribution in [3.05, 3.63) is 0 Å². The quantitative estimate of drug-likeness (QED) is 0.104. The van der Waals surface area contributed by atoms with Crippen LogP contribution in [0, 0.1) is 0 Å². The molecule has 344 valence electrons. The third-order valence-electron chi connectivity index (χ3n) is 3.18. The van der Waals surface area contributed by atoms with E-state index < -0.39 is 0 Å². The van der Waals surface area contributed by atoms with Gasteiger partial charge in [-0.3, -0.25) is 9.80 Å². The minimum atomic E-state index is -0.352. The van der Waals surface area contributed by atoms with E-state index in [0.717, 1.165) is 38.6 Å². The lowest BCUT2D eigenvalue weighted by Gasteiger charge is -2.18. The average Bonchev–Trinajstić information content (AvgIpc) is 2.74. The third kappa shape index (κ3) is 327. The second-order valence-corrected chi connectivity index (χ2v) is 8.53. The fraction of sp³-hybridized carbons (Fsp3) is 1.00. The molecule has 0 aliphatic rings. The molecule has 0 bridgehead atoms. The van der Waals surface area contributed by atoms with Crippen molar-refractivity contribution in [3.63, 3.8) is 0 Å². The number of nitrogens with one attached hydrogen (secondary N) is 1. The summed E-state index contributed by atoms with van der Waals surface area (Å²) in [5.74, 6) is 0.944. The Balaban J connectivity index is -0.00000000916. The molecule has 0 saturated heterocycles. The minimum Gasteiger partial charge on any atom is -0.389 e. The summed E-state index contributed by atoms with van der Waals surface area (Å²) in [6.07, 6.45) is -0.352. The van der Waals surface area contributed by atoms with Gasteiger partial charge >= 0.3 is 0 Å². The highest BCUT2D eigenvalue weighted by Crippen LogP contribution is 1.87. The molecule has 0 fully saturated rings. The smallest absolute Gasteiger partial charge is 0.0899 e. The van der Waals surface area contributed by atoms with Gasteiger partial charge in [0.05, 0.1) is 12.7 Å². The summed E-state index contributed by atoms with van der Waals surface area (Å²) in [7, 11) is 14.2. The summed E-state index contributed by atoms with van der Waals surface area (Å²) in [5.41, 5.74) is 9.88. The predicted molar refractivity (Wildman–Crippen MR) is 267 cm³/mol. The van der Waals surface area contributed by atoms with Gasteiger partial charge in [-0.15, -0.1) is 0 Å². The molecule has 10 heteroatoms. The Labute approximate surface area is 338 Å². The van der Waals surface area contributed by atoms with Gasteiger partial charge in [-0.1, -0.05) is 153 Å². The van der Waals surface area contributed by atoms with Crippen LogP contribution in [0.5, 0.6) is 0 Å². The number of hydrogen-bond donors (Lipinski definition) is 5. The van der Waals surface area contributed by atoms with E-state index in [1.54, 1.807) is 0 Å². The first kappa shape index (κ1) is 153. The number of nitrogens with zero attached hydrogens (tertiary/aromatic N) is 4. The molecule has 0 radical (unpaired) electrons. The van der Waals surface area contributed by atoms with Gasteiger partial charge in [0.15, 0.2) is 0 Å². The van der Waals surface area contributed by atoms with Crippen LogP contribution in [0.1, 0.15) is 160 Å². The highest BCUT2D eigenvalue weighted by molar-refractivity contribution is 7.80. The molecule has 6 N–H and O–H groups in total. The lowest BCUT2D eigenvalue weighted by atomic mass is 10.3. The summed E-state index contributed by atoms with van der Waals surface area (Å²) in [6.45, 7) is 19.5. The molecule has 50 heavy (non-hydrogen) atoms. The number of aliphatic hydroxyl groups excluding tert-OH is 1. The molecular formula is C40H131N7O2S. The van der Waals surface area contributed by atoms with E-state index in [0.29, 0.717) is 26.4 Å². The molecule has 0 heterocycles. The molecular weight excluding hydrogens is 643 g/mol. The van der Waals surface area contributed by atoms with E-state index in [4.69, 9.17) is 16.2 Å². The van der Waals surface area contributed by atoms with Crippen molar-refractivity contribution in [2.45, 2.75) is 166 Å². The summed E-state index contributed by atoms with van der Waals surface area (Å²) in [4.78, 5) is 8.47. The third-order valence-corrected chi connectivity index (χ3v) is 3.18. The molecule has 1 atom stereocenters. The molecule has 0 aliphatic heterocycles. The summed E-state index contributed by atoms with van der Waals surface area (Å²) >= 11 is 3.79. The molecule has 0 aromatic rings. The maximum atomic E-state index is 9.18. The zero-order valence-corrected chi connectivity index (χ0v) is 26.3. The maximum Gasteiger partial charge on any atom is 0.0899 e. The Morgan fingerprint density at radius 3 is 0.960 bits per heavy atom. The molecule has 0 spiro atoms. The van der Waals surface area contributed by atoms with Gasteiger partial charge in [0, 0.05) is 26.5 Å². The van der Waals surface area contributed by atoms with Crippen LogP contribution in [0.2, 0.25) is 0 Å². The number of aliphatic hydroxyl groups is 1. The van der Waals surface area contributed by atoms with Crippen molar-refractivity contribution in [1.29, 1.82) is 0 Å². The Morgan fingerprint density at radius 1 is 0.580 bits per heavy atom. The van der Waals surface area contributed by atoms with Crippen LogP contribution >= 0.6 is 12.6 Å². The van der Waals surface area contributed by atoms with Gasteiger partial charge in [0.1, 0.15) is 0 Å². The number of likely N-dealkylation sites (N-methyl/N-ethyl adjacent to an activating group) is 1. The average molecular weight is 775 g/mol. The molecule has 9 nitrogen and oxygen atoms in total. The van der Waals surface area contributed by atoms with Crippen molar-refractivity contribution < 1.29 is 9.84 Å². The lowest BCUT2D eigenvalue weighted by Crippen LogP contribution is -2.29. The van der Waals surface area contributed by atoms with Gasteiger partial charge in [0.2, 0.25) is 0 Å². The van der Waals surface area contributed by atoms with E-state index in [1.165, 1.54) is 0 Å². The van der Waals surface area contributed by atoms with Crippen LogP contribution in [0.4, 0.5) is 0 Å². The topological polar surface area (TPSA) is 106 Å². The molecule has 0 aliphatic carbocycles. The van der Waals surface area contributed by atoms with Gasteiger partial charge in [-0.25, -0.2) is 0 Å². The number of nitrogens with two attached hydrogens (primary N) is 2. The lowest BCUT2D eigenvalue weighted by molar-refractivity contribution is 0.0292. The van der Waals surface area contributed by atoms with Crippen LogP contribution in [-0.2, 0) is 4.74 Å². The molecule has 0 amide bonds. The SMILES string of the molecule is C.C.C.C.C.C.C.C.C.C.C.C.C.C.C.C.CCN.CCN(C)C.CCN(C)CN(C)C.CCNCN.CCOCC(O)CN(C)C.CCS. The minimum absolute atomic E-state index is 0. The van der Waals surface area contributed by atoms with Crippen molar-refractivity contribution in [2.24, 2.45) is 11.5 Å². The van der Waals surface area contributed by atoms with Crippen LogP contribution in [0.25, 0.3) is 0 Å². The van der Waals surface area contributed by atoms with E-state index in [1.807, 2.05) is 46.7 Å². The first-order chi connectivity index (χ1) is 15.8. The summed E-state index contributed by atoms with van der Waals surface area (Å²) in [5, 5.41) is 12.1. The zero-order chi connectivity index (χ0) is 28.4. The number of thiol groups is 1. The molecule has 0 aromatic carbocycles. The maximum absolute atomic E-state index is 9.18. The Bertz CT molecular complexity index is 294. The van der Waals surface area contributed by atoms with Crippen molar-refractivity contribution >= 4 is 12.6 Å². The first-order valence-corrected chi connectivity index (χ1v) is 13.1. The molecule has 1 unspecified atom stereocenters. The van der Waals surface area contributed by atoms with Crippen molar-refractivity contribution in [3.8, 4) is 0 Å². The van der Waals surface area contributed by atoms with Crippen LogP contribution in [0.3, 0.4) is 0 Å². The zero-order valence-electron chi connectivity index (χ0n) is 25.4. The Morgan fingerprint density at radius 2 is 0.860 bits per heavy atom. The molecule has 0 saturated carbocycles. The number of hydrogen-bond acceptors (Lipinski definition) is 10. The van der Waals surface area contributed by atoms with Gasteiger partial charge in [-0.05, 0) is 88.2 Å². The second-order valence-electron chi connectivity index (χ2n) is 7.90. The van der Waals surface area contributed by atoms with E-state index in [-0.39, 0.29) is 125 Å². The van der Waals surface area contributed by atoms with Crippen molar-refractivity contribution in [2.75, 3.05) is 114 Å². The highest BCUT2D eigenvalue weighted by Gasteiger charge is 2.03. The Kier molecular flexibility index (Phi) is 474. The largest absolute Gasteiger partial charge is 0.389 e. The van der Waals surface area contributed by atoms with Gasteiger partial charge in [-0.2, -0.15) is 12.6 Å².